The number of carboxylic acids is 1. The molecule has 3 nitrogen and oxygen atoms in total. The second-order valence-electron chi connectivity index (χ2n) is 4.47. The first kappa shape index (κ1) is 16.0. The summed E-state index contributed by atoms with van der Waals surface area (Å²) in [5, 5.41) is 10.7. The van der Waals surface area contributed by atoms with E-state index in [1.807, 2.05) is 0 Å². The minimum Gasteiger partial charge on any atom is -0.480 e. The van der Waals surface area contributed by atoms with Crippen molar-refractivity contribution in [3.05, 3.63) is 63.1 Å². The Kier molecular flexibility index (Phi) is 5.34. The van der Waals surface area contributed by atoms with Crippen molar-refractivity contribution in [2.75, 3.05) is 11.4 Å². The van der Waals surface area contributed by atoms with Crippen molar-refractivity contribution >= 4 is 46.5 Å². The number of benzene rings is 2. The molecule has 0 atom stereocenters. The number of rotatable bonds is 5. The van der Waals surface area contributed by atoms with E-state index in [0.29, 0.717) is 27.3 Å². The molecule has 0 saturated carbocycles. The van der Waals surface area contributed by atoms with Crippen molar-refractivity contribution in [2.45, 2.75) is 6.54 Å². The van der Waals surface area contributed by atoms with E-state index in [-0.39, 0.29) is 6.54 Å². The monoisotopic (exact) mass is 343 g/mol. The number of aliphatic carboxylic acids is 1. The maximum Gasteiger partial charge on any atom is 0.323 e. The van der Waals surface area contributed by atoms with Gasteiger partial charge in [-0.2, -0.15) is 0 Å². The fourth-order valence-corrected chi connectivity index (χ4v) is 2.50. The molecule has 2 rings (SSSR count). The highest BCUT2D eigenvalue weighted by atomic mass is 35.5. The summed E-state index contributed by atoms with van der Waals surface area (Å²) >= 11 is 18.1. The number of carbonyl (C=O) groups is 1. The third-order valence-corrected chi connectivity index (χ3v) is 3.71. The summed E-state index contributed by atoms with van der Waals surface area (Å²) in [6, 6.07) is 12.1. The van der Waals surface area contributed by atoms with Crippen molar-refractivity contribution < 1.29 is 9.90 Å². The van der Waals surface area contributed by atoms with E-state index in [0.717, 1.165) is 5.56 Å². The lowest BCUT2D eigenvalue weighted by Crippen LogP contribution is -2.29. The van der Waals surface area contributed by atoms with Crippen LogP contribution in [0.4, 0.5) is 5.69 Å². The Morgan fingerprint density at radius 2 is 1.76 bits per heavy atom. The molecule has 0 bridgehead atoms. The molecule has 0 radical (unpaired) electrons. The Balaban J connectivity index is 2.32. The number of anilines is 1. The second kappa shape index (κ2) is 7.03. The van der Waals surface area contributed by atoms with Gasteiger partial charge in [-0.15, -0.1) is 0 Å². The van der Waals surface area contributed by atoms with Crippen LogP contribution in [0.3, 0.4) is 0 Å². The fraction of sp³-hybridized carbons (Fsp3) is 0.133. The molecule has 6 heteroatoms. The summed E-state index contributed by atoms with van der Waals surface area (Å²) in [7, 11) is 0. The Bertz CT molecular complexity index is 661. The molecule has 0 aliphatic heterocycles. The average Bonchev–Trinajstić information content (AvgIpc) is 2.41. The maximum atomic E-state index is 11.1. The molecule has 2 aromatic carbocycles. The van der Waals surface area contributed by atoms with Gasteiger partial charge in [0.1, 0.15) is 6.54 Å². The summed E-state index contributed by atoms with van der Waals surface area (Å²) < 4.78 is 0. The van der Waals surface area contributed by atoms with Crippen LogP contribution in [0.1, 0.15) is 5.56 Å². The Morgan fingerprint density at radius 3 is 2.43 bits per heavy atom. The Labute approximate surface area is 137 Å². The average molecular weight is 345 g/mol. The van der Waals surface area contributed by atoms with Crippen molar-refractivity contribution in [2.24, 2.45) is 0 Å². The first-order chi connectivity index (χ1) is 9.95. The van der Waals surface area contributed by atoms with E-state index < -0.39 is 5.97 Å². The van der Waals surface area contributed by atoms with Gasteiger partial charge >= 0.3 is 5.97 Å². The molecule has 0 amide bonds. The highest BCUT2D eigenvalue weighted by molar-refractivity contribution is 6.33. The van der Waals surface area contributed by atoms with E-state index in [2.05, 4.69) is 0 Å². The van der Waals surface area contributed by atoms with Crippen molar-refractivity contribution in [1.29, 1.82) is 0 Å². The fourth-order valence-electron chi connectivity index (χ4n) is 1.94. The largest absolute Gasteiger partial charge is 0.480 e. The van der Waals surface area contributed by atoms with Gasteiger partial charge in [0, 0.05) is 27.3 Å². The lowest BCUT2D eigenvalue weighted by molar-refractivity contribution is -0.135. The number of carboxylic acid groups (broad SMARTS) is 1. The van der Waals surface area contributed by atoms with Crippen molar-refractivity contribution in [1.82, 2.24) is 0 Å². The first-order valence-electron chi connectivity index (χ1n) is 6.12. The standard InChI is InChI=1S/C15H12Cl3NO2/c16-11-2-1-3-13(7-11)19(9-15(20)21)8-10-6-12(17)4-5-14(10)18/h1-7H,8-9H2,(H,20,21). The quantitative estimate of drug-likeness (QED) is 0.852. The maximum absolute atomic E-state index is 11.1. The SMILES string of the molecule is O=C(O)CN(Cc1cc(Cl)ccc1Cl)c1cccc(Cl)c1. The van der Waals surface area contributed by atoms with Crippen LogP contribution in [0.25, 0.3) is 0 Å². The molecule has 2 aromatic rings. The molecule has 0 spiro atoms. The van der Waals surface area contributed by atoms with E-state index in [1.54, 1.807) is 47.4 Å². The Morgan fingerprint density at radius 1 is 1.05 bits per heavy atom. The third kappa shape index (κ3) is 4.53. The number of nitrogens with zero attached hydrogens (tertiary/aromatic N) is 1. The first-order valence-corrected chi connectivity index (χ1v) is 7.25. The van der Waals surface area contributed by atoms with Gasteiger partial charge in [0.15, 0.2) is 0 Å². The van der Waals surface area contributed by atoms with E-state index in [4.69, 9.17) is 39.9 Å². The molecular formula is C15H12Cl3NO2. The molecule has 0 saturated heterocycles. The zero-order valence-corrected chi connectivity index (χ0v) is 13.2. The topological polar surface area (TPSA) is 40.5 Å². The van der Waals surface area contributed by atoms with Crippen LogP contribution in [0.2, 0.25) is 15.1 Å². The second-order valence-corrected chi connectivity index (χ2v) is 5.75. The van der Waals surface area contributed by atoms with Crippen LogP contribution in [-0.2, 0) is 11.3 Å². The van der Waals surface area contributed by atoms with Crippen molar-refractivity contribution in [3.63, 3.8) is 0 Å². The molecule has 0 fully saturated rings. The van der Waals surface area contributed by atoms with E-state index in [9.17, 15) is 4.79 Å². The predicted molar refractivity (Wildman–Crippen MR) is 86.6 cm³/mol. The van der Waals surface area contributed by atoms with Gasteiger partial charge in [-0.1, -0.05) is 40.9 Å². The van der Waals surface area contributed by atoms with Gasteiger partial charge in [-0.3, -0.25) is 4.79 Å². The molecule has 0 unspecified atom stereocenters. The van der Waals surface area contributed by atoms with Crippen LogP contribution in [0.15, 0.2) is 42.5 Å². The summed E-state index contributed by atoms with van der Waals surface area (Å²) in [5.41, 5.74) is 1.46. The molecule has 0 aromatic heterocycles. The number of hydrogen-bond donors (Lipinski definition) is 1. The highest BCUT2D eigenvalue weighted by Gasteiger charge is 2.14. The van der Waals surface area contributed by atoms with Gasteiger partial charge < -0.3 is 10.0 Å². The van der Waals surface area contributed by atoms with Crippen molar-refractivity contribution in [3.8, 4) is 0 Å². The summed E-state index contributed by atoms with van der Waals surface area (Å²) in [5.74, 6) is -0.937. The minimum atomic E-state index is -0.937. The van der Waals surface area contributed by atoms with Crippen LogP contribution in [0.5, 0.6) is 0 Å². The highest BCUT2D eigenvalue weighted by Crippen LogP contribution is 2.26. The summed E-state index contributed by atoms with van der Waals surface area (Å²) in [6.45, 7) is 0.162. The molecule has 110 valence electrons. The zero-order valence-electron chi connectivity index (χ0n) is 10.9. The molecule has 0 aliphatic rings. The lowest BCUT2D eigenvalue weighted by Gasteiger charge is -2.23. The molecule has 0 aliphatic carbocycles. The Hall–Kier alpha value is -1.42. The van der Waals surface area contributed by atoms with Gasteiger partial charge in [-0.25, -0.2) is 0 Å². The zero-order chi connectivity index (χ0) is 15.4. The van der Waals surface area contributed by atoms with Crippen LogP contribution >= 0.6 is 34.8 Å². The molecule has 0 heterocycles. The molecule has 1 N–H and O–H groups in total. The van der Waals surface area contributed by atoms with Crippen LogP contribution in [-0.4, -0.2) is 17.6 Å². The van der Waals surface area contributed by atoms with Gasteiger partial charge in [0.25, 0.3) is 0 Å². The molecular weight excluding hydrogens is 333 g/mol. The van der Waals surface area contributed by atoms with Crippen LogP contribution < -0.4 is 4.90 Å². The van der Waals surface area contributed by atoms with Gasteiger partial charge in [0.2, 0.25) is 0 Å². The number of hydrogen-bond acceptors (Lipinski definition) is 2. The number of halogens is 3. The summed E-state index contributed by atoms with van der Waals surface area (Å²) in [4.78, 5) is 12.7. The normalized spacial score (nSPS) is 10.4. The minimum absolute atomic E-state index is 0.164. The smallest absolute Gasteiger partial charge is 0.323 e. The van der Waals surface area contributed by atoms with E-state index >= 15 is 0 Å². The van der Waals surface area contributed by atoms with Gasteiger partial charge in [0.05, 0.1) is 0 Å². The molecule has 21 heavy (non-hydrogen) atoms. The van der Waals surface area contributed by atoms with Crippen LogP contribution in [0, 0.1) is 0 Å². The van der Waals surface area contributed by atoms with Gasteiger partial charge in [-0.05, 0) is 42.0 Å². The van der Waals surface area contributed by atoms with E-state index in [1.165, 1.54) is 0 Å². The summed E-state index contributed by atoms with van der Waals surface area (Å²) in [6.07, 6.45) is 0. The predicted octanol–water partition coefficient (Wildman–Crippen LogP) is 4.74. The third-order valence-electron chi connectivity index (χ3n) is 2.87. The lowest BCUT2D eigenvalue weighted by atomic mass is 10.2.